The second kappa shape index (κ2) is 5.55. The predicted octanol–water partition coefficient (Wildman–Crippen LogP) is 1.11. The number of H-pyrrole nitrogens is 1. The molecule has 0 aromatic carbocycles. The summed E-state index contributed by atoms with van der Waals surface area (Å²) in [6, 6.07) is 5.33. The Morgan fingerprint density at radius 2 is 2.12 bits per heavy atom. The lowest BCUT2D eigenvalue weighted by molar-refractivity contribution is 0.0600. The van der Waals surface area contributed by atoms with Crippen LogP contribution < -0.4 is 5.56 Å². The zero-order chi connectivity index (χ0) is 17.6. The van der Waals surface area contributed by atoms with Gasteiger partial charge in [-0.05, 0) is 19.1 Å². The summed E-state index contributed by atoms with van der Waals surface area (Å²) in [5.74, 6) is 0.107. The second-order valence-corrected chi connectivity index (χ2v) is 5.59. The molecule has 0 saturated carbocycles. The molecular weight excluding hydrogens is 324 g/mol. The zero-order valence-electron chi connectivity index (χ0n) is 13.5. The topological polar surface area (TPSA) is 107 Å². The van der Waals surface area contributed by atoms with Crippen LogP contribution in [0.25, 0.3) is 16.9 Å². The van der Waals surface area contributed by atoms with E-state index in [-0.39, 0.29) is 22.9 Å². The summed E-state index contributed by atoms with van der Waals surface area (Å²) in [5.41, 5.74) is 1.15. The highest BCUT2D eigenvalue weighted by Gasteiger charge is 2.24. The van der Waals surface area contributed by atoms with Crippen molar-refractivity contribution in [2.75, 3.05) is 7.11 Å². The fraction of sp³-hybridized carbons (Fsp3) is 0.188. The van der Waals surface area contributed by atoms with Crippen LogP contribution in [-0.2, 0) is 4.74 Å². The third-order valence-electron chi connectivity index (χ3n) is 4.15. The molecule has 9 nitrogen and oxygen atoms in total. The summed E-state index contributed by atoms with van der Waals surface area (Å²) in [6.07, 6.45) is 5.10. The summed E-state index contributed by atoms with van der Waals surface area (Å²) >= 11 is 0. The number of ether oxygens (including phenoxy) is 1. The molecule has 2 aromatic heterocycles. The van der Waals surface area contributed by atoms with Crippen LogP contribution in [0.1, 0.15) is 29.1 Å². The minimum Gasteiger partial charge on any atom is -0.465 e. The van der Waals surface area contributed by atoms with E-state index in [2.05, 4.69) is 20.4 Å². The highest BCUT2D eigenvalue weighted by Crippen LogP contribution is 2.25. The van der Waals surface area contributed by atoms with Crippen molar-refractivity contribution in [3.8, 4) is 11.3 Å². The fourth-order valence-electron chi connectivity index (χ4n) is 2.82. The van der Waals surface area contributed by atoms with Gasteiger partial charge in [0.15, 0.2) is 11.5 Å². The van der Waals surface area contributed by atoms with Gasteiger partial charge in [0.25, 0.3) is 5.56 Å². The molecule has 1 atom stereocenters. The Balaban J connectivity index is 1.91. The average Bonchev–Trinajstić information content (AvgIpc) is 3.24. The second-order valence-electron chi connectivity index (χ2n) is 5.59. The van der Waals surface area contributed by atoms with Crippen molar-refractivity contribution in [3.63, 3.8) is 0 Å². The summed E-state index contributed by atoms with van der Waals surface area (Å²) < 4.78 is 8.39. The first-order valence-electron chi connectivity index (χ1n) is 7.58. The van der Waals surface area contributed by atoms with Gasteiger partial charge in [-0.15, -0.1) is 10.2 Å². The van der Waals surface area contributed by atoms with Gasteiger partial charge in [0, 0.05) is 18.6 Å². The molecule has 0 radical (unpaired) electrons. The number of carbonyl (C=O) groups excluding carboxylic acids is 1. The van der Waals surface area contributed by atoms with E-state index < -0.39 is 5.97 Å². The maximum atomic E-state index is 12.1. The number of rotatable bonds is 3. The molecule has 2 aliphatic heterocycles. The van der Waals surface area contributed by atoms with Crippen LogP contribution >= 0.6 is 0 Å². The summed E-state index contributed by atoms with van der Waals surface area (Å²) in [4.78, 5) is 24.1. The Labute approximate surface area is 141 Å². The normalized spacial score (nSPS) is 12.6. The highest BCUT2D eigenvalue weighted by atomic mass is 16.5. The standard InChI is InChI=1S/C16H14N6O3/c1-9(14-19-17-12-5-3-4-6-22(12)14)21-7-10-13(18-20-15(10)23)11(8-21)16(24)25-2/h3-9H,1-2H3,(H,20,23)/t9-/m0/s1. The van der Waals surface area contributed by atoms with Gasteiger partial charge >= 0.3 is 5.97 Å². The van der Waals surface area contributed by atoms with Gasteiger partial charge in [-0.2, -0.15) is 5.10 Å². The first-order valence-corrected chi connectivity index (χ1v) is 7.58. The number of aromatic nitrogens is 6. The Bertz CT molecular complexity index is 1110. The van der Waals surface area contributed by atoms with E-state index in [0.717, 1.165) is 0 Å². The fourth-order valence-corrected chi connectivity index (χ4v) is 2.82. The lowest BCUT2D eigenvalue weighted by Crippen LogP contribution is -2.16. The lowest BCUT2D eigenvalue weighted by atomic mass is 10.1. The lowest BCUT2D eigenvalue weighted by Gasteiger charge is -2.17. The molecule has 0 spiro atoms. The SMILES string of the molecule is COC(=O)c1cn([C@@H](C)c2nnc3ccccn23)cc2c(=O)[nH]nc1-2. The number of carbonyl (C=O) groups is 1. The van der Waals surface area contributed by atoms with Crippen molar-refractivity contribution in [1.82, 2.24) is 29.4 Å². The molecule has 0 bridgehead atoms. The average molecular weight is 338 g/mol. The van der Waals surface area contributed by atoms with Gasteiger partial charge in [0.05, 0.1) is 18.7 Å². The zero-order valence-corrected chi connectivity index (χ0v) is 13.5. The van der Waals surface area contributed by atoms with Gasteiger partial charge in [-0.3, -0.25) is 9.20 Å². The molecule has 0 unspecified atom stereocenters. The molecule has 4 heterocycles. The van der Waals surface area contributed by atoms with E-state index >= 15 is 0 Å². The number of pyridine rings is 2. The monoisotopic (exact) mass is 338 g/mol. The number of nitrogens with one attached hydrogen (secondary N) is 1. The van der Waals surface area contributed by atoms with Gasteiger partial charge in [0.1, 0.15) is 11.3 Å². The van der Waals surface area contributed by atoms with E-state index in [9.17, 15) is 9.59 Å². The van der Waals surface area contributed by atoms with E-state index in [1.54, 1.807) is 17.0 Å². The number of hydrogen-bond donors (Lipinski definition) is 1. The molecule has 2 aromatic rings. The largest absolute Gasteiger partial charge is 0.465 e. The van der Waals surface area contributed by atoms with Crippen molar-refractivity contribution in [2.45, 2.75) is 13.0 Å². The smallest absolute Gasteiger partial charge is 0.341 e. The van der Waals surface area contributed by atoms with E-state index in [1.165, 1.54) is 7.11 Å². The first kappa shape index (κ1) is 15.1. The molecule has 0 aliphatic carbocycles. The number of aromatic amines is 1. The molecule has 0 fully saturated rings. The molecule has 9 heteroatoms. The molecule has 2 aliphatic rings. The Morgan fingerprint density at radius 3 is 2.92 bits per heavy atom. The summed E-state index contributed by atoms with van der Waals surface area (Å²) in [7, 11) is 1.28. The maximum absolute atomic E-state index is 12.1. The number of methoxy groups -OCH3 is 1. The van der Waals surface area contributed by atoms with Crippen LogP contribution in [-0.4, -0.2) is 42.4 Å². The van der Waals surface area contributed by atoms with Gasteiger partial charge in [0.2, 0.25) is 0 Å². The van der Waals surface area contributed by atoms with Gasteiger partial charge in [-0.25, -0.2) is 9.89 Å². The van der Waals surface area contributed by atoms with Crippen molar-refractivity contribution < 1.29 is 9.53 Å². The Hall–Kier alpha value is -3.49. The minimum atomic E-state index is -0.566. The Morgan fingerprint density at radius 1 is 1.28 bits per heavy atom. The van der Waals surface area contributed by atoms with Crippen molar-refractivity contribution in [3.05, 3.63) is 58.5 Å². The molecule has 4 rings (SSSR count). The summed E-state index contributed by atoms with van der Waals surface area (Å²) in [5, 5.41) is 14.6. The number of esters is 1. The number of nitrogens with zero attached hydrogens (tertiary/aromatic N) is 5. The summed E-state index contributed by atoms with van der Waals surface area (Å²) in [6.45, 7) is 1.90. The highest BCUT2D eigenvalue weighted by molar-refractivity contribution is 5.95. The van der Waals surface area contributed by atoms with E-state index in [4.69, 9.17) is 4.74 Å². The van der Waals surface area contributed by atoms with Crippen LogP contribution in [0.5, 0.6) is 0 Å². The van der Waals surface area contributed by atoms with Gasteiger partial charge < -0.3 is 9.30 Å². The van der Waals surface area contributed by atoms with Crippen molar-refractivity contribution >= 4 is 11.6 Å². The maximum Gasteiger partial charge on any atom is 0.341 e. The minimum absolute atomic E-state index is 0.207. The van der Waals surface area contributed by atoms with E-state index in [1.807, 2.05) is 35.7 Å². The van der Waals surface area contributed by atoms with Crippen LogP contribution in [0.15, 0.2) is 41.6 Å². The van der Waals surface area contributed by atoms with Crippen LogP contribution in [0.2, 0.25) is 0 Å². The third-order valence-corrected chi connectivity index (χ3v) is 4.15. The van der Waals surface area contributed by atoms with Crippen molar-refractivity contribution in [2.24, 2.45) is 0 Å². The molecule has 1 N–H and O–H groups in total. The molecule has 126 valence electrons. The Kier molecular flexibility index (Phi) is 3.34. The van der Waals surface area contributed by atoms with Crippen LogP contribution in [0.4, 0.5) is 0 Å². The predicted molar refractivity (Wildman–Crippen MR) is 87.6 cm³/mol. The van der Waals surface area contributed by atoms with Crippen LogP contribution in [0.3, 0.4) is 0 Å². The molecule has 0 saturated heterocycles. The van der Waals surface area contributed by atoms with Gasteiger partial charge in [-0.1, -0.05) is 6.07 Å². The van der Waals surface area contributed by atoms with Crippen molar-refractivity contribution in [1.29, 1.82) is 0 Å². The molecule has 0 amide bonds. The quantitative estimate of drug-likeness (QED) is 0.561. The first-order chi connectivity index (χ1) is 12.1. The number of fused-ring (bicyclic) bond motifs is 2. The number of hydrogen-bond acceptors (Lipinski definition) is 6. The molecular formula is C16H14N6O3. The van der Waals surface area contributed by atoms with E-state index in [0.29, 0.717) is 17.0 Å². The van der Waals surface area contributed by atoms with Crippen LogP contribution in [0, 0.1) is 0 Å². The third kappa shape index (κ3) is 2.28. The molecule has 25 heavy (non-hydrogen) atoms.